The SMILES string of the molecule is CCOc1ccc(S(=O)(=O)Nc2ccccc2N)cc1C. The summed E-state index contributed by atoms with van der Waals surface area (Å²) in [6.45, 7) is 4.22. The molecule has 0 aliphatic rings. The minimum absolute atomic E-state index is 0.173. The molecule has 0 radical (unpaired) electrons. The van der Waals surface area contributed by atoms with Crippen LogP contribution in [0, 0.1) is 6.92 Å². The summed E-state index contributed by atoms with van der Waals surface area (Å²) in [7, 11) is -3.68. The van der Waals surface area contributed by atoms with Crippen molar-refractivity contribution in [3.63, 3.8) is 0 Å². The van der Waals surface area contributed by atoms with Crippen LogP contribution in [-0.2, 0) is 10.0 Å². The monoisotopic (exact) mass is 306 g/mol. The molecule has 0 aliphatic heterocycles. The molecule has 2 aromatic rings. The van der Waals surface area contributed by atoms with Crippen LogP contribution in [0.3, 0.4) is 0 Å². The van der Waals surface area contributed by atoms with Crippen molar-refractivity contribution < 1.29 is 13.2 Å². The first-order valence-corrected chi connectivity index (χ1v) is 8.03. The van der Waals surface area contributed by atoms with Gasteiger partial charge in [0.05, 0.1) is 22.9 Å². The molecule has 0 bridgehead atoms. The maximum Gasteiger partial charge on any atom is 0.261 e. The maximum absolute atomic E-state index is 12.4. The van der Waals surface area contributed by atoms with Gasteiger partial charge in [0.1, 0.15) is 5.75 Å². The summed E-state index contributed by atoms with van der Waals surface area (Å²) < 4.78 is 32.6. The van der Waals surface area contributed by atoms with Gasteiger partial charge in [-0.3, -0.25) is 4.72 Å². The third-order valence-electron chi connectivity index (χ3n) is 2.96. The Bertz CT molecular complexity index is 742. The lowest BCUT2D eigenvalue weighted by atomic mass is 10.2. The van der Waals surface area contributed by atoms with E-state index in [9.17, 15) is 8.42 Å². The van der Waals surface area contributed by atoms with E-state index in [0.717, 1.165) is 5.56 Å². The van der Waals surface area contributed by atoms with Crippen molar-refractivity contribution in [1.29, 1.82) is 0 Å². The molecule has 0 atom stereocenters. The quantitative estimate of drug-likeness (QED) is 0.832. The van der Waals surface area contributed by atoms with Crippen LogP contribution >= 0.6 is 0 Å². The molecule has 0 unspecified atom stereocenters. The zero-order valence-electron chi connectivity index (χ0n) is 12.0. The number of anilines is 2. The molecule has 0 amide bonds. The second kappa shape index (κ2) is 6.05. The molecule has 0 spiro atoms. The van der Waals surface area contributed by atoms with E-state index in [1.807, 2.05) is 6.92 Å². The summed E-state index contributed by atoms with van der Waals surface area (Å²) in [5, 5.41) is 0. The highest BCUT2D eigenvalue weighted by Gasteiger charge is 2.16. The molecule has 5 nitrogen and oxygen atoms in total. The number of hydrogen-bond donors (Lipinski definition) is 2. The number of benzene rings is 2. The molecule has 0 fully saturated rings. The van der Waals surface area contributed by atoms with Gasteiger partial charge in [-0.15, -0.1) is 0 Å². The van der Waals surface area contributed by atoms with Crippen LogP contribution in [0.1, 0.15) is 12.5 Å². The summed E-state index contributed by atoms with van der Waals surface area (Å²) >= 11 is 0. The number of ether oxygens (including phenoxy) is 1. The van der Waals surface area contributed by atoms with Gasteiger partial charge in [-0.1, -0.05) is 12.1 Å². The standard InChI is InChI=1S/C15H18N2O3S/c1-3-20-15-9-8-12(10-11(15)2)21(18,19)17-14-7-5-4-6-13(14)16/h4-10,17H,3,16H2,1-2H3. The fourth-order valence-corrected chi connectivity index (χ4v) is 3.07. The van der Waals surface area contributed by atoms with Crippen molar-refractivity contribution in [2.45, 2.75) is 18.7 Å². The van der Waals surface area contributed by atoms with E-state index in [-0.39, 0.29) is 4.90 Å². The van der Waals surface area contributed by atoms with Gasteiger partial charge in [0.25, 0.3) is 10.0 Å². The lowest BCUT2D eigenvalue weighted by molar-refractivity contribution is 0.337. The Morgan fingerprint density at radius 3 is 2.52 bits per heavy atom. The molecule has 3 N–H and O–H groups in total. The average molecular weight is 306 g/mol. The van der Waals surface area contributed by atoms with E-state index in [0.29, 0.717) is 23.7 Å². The van der Waals surface area contributed by atoms with Crippen molar-refractivity contribution in [3.05, 3.63) is 48.0 Å². The molecule has 112 valence electrons. The molecule has 0 saturated carbocycles. The Kier molecular flexibility index (Phi) is 4.37. The summed E-state index contributed by atoms with van der Waals surface area (Å²) in [6, 6.07) is 11.5. The molecule has 2 aromatic carbocycles. The molecule has 2 rings (SSSR count). The van der Waals surface area contributed by atoms with Crippen molar-refractivity contribution >= 4 is 21.4 Å². The third-order valence-corrected chi connectivity index (χ3v) is 4.32. The van der Waals surface area contributed by atoms with Gasteiger partial charge in [-0.05, 0) is 49.7 Å². The van der Waals surface area contributed by atoms with Gasteiger partial charge in [0.15, 0.2) is 0 Å². The first-order valence-electron chi connectivity index (χ1n) is 6.55. The Morgan fingerprint density at radius 1 is 1.19 bits per heavy atom. The smallest absolute Gasteiger partial charge is 0.261 e. The molecule has 21 heavy (non-hydrogen) atoms. The van der Waals surface area contributed by atoms with Gasteiger partial charge in [-0.2, -0.15) is 0 Å². The van der Waals surface area contributed by atoms with Crippen molar-refractivity contribution in [1.82, 2.24) is 0 Å². The Balaban J connectivity index is 2.32. The minimum atomic E-state index is -3.68. The lowest BCUT2D eigenvalue weighted by Gasteiger charge is -2.12. The molecule has 0 saturated heterocycles. The second-order valence-electron chi connectivity index (χ2n) is 4.55. The predicted molar refractivity (Wildman–Crippen MR) is 84.0 cm³/mol. The summed E-state index contributed by atoms with van der Waals surface area (Å²) in [6.07, 6.45) is 0. The molecule has 6 heteroatoms. The van der Waals surface area contributed by atoms with Crippen LogP contribution in [-0.4, -0.2) is 15.0 Å². The van der Waals surface area contributed by atoms with E-state index in [1.165, 1.54) is 6.07 Å². The normalized spacial score (nSPS) is 11.1. The minimum Gasteiger partial charge on any atom is -0.494 e. The van der Waals surface area contributed by atoms with E-state index < -0.39 is 10.0 Å². The number of aryl methyl sites for hydroxylation is 1. The predicted octanol–water partition coefficient (Wildman–Crippen LogP) is 2.78. The largest absolute Gasteiger partial charge is 0.494 e. The van der Waals surface area contributed by atoms with Crippen LogP contribution in [0.15, 0.2) is 47.4 Å². The molecular formula is C15H18N2O3S. The number of hydrogen-bond acceptors (Lipinski definition) is 4. The Labute approximate surface area is 124 Å². The van der Waals surface area contributed by atoms with Gasteiger partial charge in [-0.25, -0.2) is 8.42 Å². The lowest BCUT2D eigenvalue weighted by Crippen LogP contribution is -2.14. The van der Waals surface area contributed by atoms with Crippen LogP contribution in [0.25, 0.3) is 0 Å². The van der Waals surface area contributed by atoms with E-state index in [4.69, 9.17) is 10.5 Å². The first kappa shape index (κ1) is 15.2. The number of nitrogens with two attached hydrogens (primary N) is 1. The number of nitrogen functional groups attached to an aromatic ring is 1. The number of rotatable bonds is 5. The number of nitrogens with one attached hydrogen (secondary N) is 1. The molecule has 0 aromatic heterocycles. The fraction of sp³-hybridized carbons (Fsp3) is 0.200. The fourth-order valence-electron chi connectivity index (χ4n) is 1.90. The van der Waals surface area contributed by atoms with Crippen LogP contribution in [0.4, 0.5) is 11.4 Å². The van der Waals surface area contributed by atoms with Gasteiger partial charge in [0.2, 0.25) is 0 Å². The average Bonchev–Trinajstić information content (AvgIpc) is 2.43. The van der Waals surface area contributed by atoms with Crippen molar-refractivity contribution in [2.75, 3.05) is 17.1 Å². The maximum atomic E-state index is 12.4. The van der Waals surface area contributed by atoms with Crippen LogP contribution in [0.2, 0.25) is 0 Å². The first-order chi connectivity index (χ1) is 9.94. The summed E-state index contributed by atoms with van der Waals surface area (Å²) in [5.41, 5.74) is 7.26. The third kappa shape index (κ3) is 3.46. The summed E-state index contributed by atoms with van der Waals surface area (Å²) in [5.74, 6) is 0.677. The van der Waals surface area contributed by atoms with E-state index in [2.05, 4.69) is 4.72 Å². The van der Waals surface area contributed by atoms with Gasteiger partial charge >= 0.3 is 0 Å². The van der Waals surface area contributed by atoms with Crippen molar-refractivity contribution in [2.24, 2.45) is 0 Å². The van der Waals surface area contributed by atoms with E-state index >= 15 is 0 Å². The Morgan fingerprint density at radius 2 is 1.90 bits per heavy atom. The van der Waals surface area contributed by atoms with Crippen LogP contribution < -0.4 is 15.2 Å². The number of para-hydroxylation sites is 2. The van der Waals surface area contributed by atoms with Crippen molar-refractivity contribution in [3.8, 4) is 5.75 Å². The molecule has 0 aliphatic carbocycles. The van der Waals surface area contributed by atoms with Gasteiger partial charge < -0.3 is 10.5 Å². The highest BCUT2D eigenvalue weighted by molar-refractivity contribution is 7.92. The summed E-state index contributed by atoms with van der Waals surface area (Å²) in [4.78, 5) is 0.173. The van der Waals surface area contributed by atoms with Gasteiger partial charge in [0, 0.05) is 0 Å². The zero-order chi connectivity index (χ0) is 15.5. The molecular weight excluding hydrogens is 288 g/mol. The van der Waals surface area contributed by atoms with E-state index in [1.54, 1.807) is 43.3 Å². The second-order valence-corrected chi connectivity index (χ2v) is 6.24. The molecule has 0 heterocycles. The highest BCUT2D eigenvalue weighted by atomic mass is 32.2. The topological polar surface area (TPSA) is 81.4 Å². The Hall–Kier alpha value is -2.21. The highest BCUT2D eigenvalue weighted by Crippen LogP contribution is 2.25. The number of sulfonamides is 1. The zero-order valence-corrected chi connectivity index (χ0v) is 12.8. The van der Waals surface area contributed by atoms with Crippen LogP contribution in [0.5, 0.6) is 5.75 Å².